The lowest BCUT2D eigenvalue weighted by molar-refractivity contribution is -0.102. The molecule has 2 nitrogen and oxygen atoms in total. The Bertz CT molecular complexity index is 467. The zero-order valence-corrected chi connectivity index (χ0v) is 11.9. The summed E-state index contributed by atoms with van der Waals surface area (Å²) in [6.45, 7) is 4.57. The molecule has 2 N–H and O–H groups in total. The third-order valence-electron chi connectivity index (χ3n) is 6.10. The molecule has 19 heavy (non-hydrogen) atoms. The van der Waals surface area contributed by atoms with Crippen molar-refractivity contribution in [3.63, 3.8) is 0 Å². The fraction of sp³-hybridized carbons (Fsp3) is 0.647. The van der Waals surface area contributed by atoms with Crippen LogP contribution in [0, 0.1) is 11.3 Å². The first-order valence-electron chi connectivity index (χ1n) is 7.46. The van der Waals surface area contributed by atoms with Crippen molar-refractivity contribution in [1.82, 2.24) is 0 Å². The first kappa shape index (κ1) is 13.0. The number of benzene rings is 1. The maximum atomic E-state index is 11.1. The molecule has 2 fully saturated rings. The zero-order chi connectivity index (χ0) is 13.7. The number of fused-ring (bicyclic) bond motifs is 1. The van der Waals surface area contributed by atoms with Crippen molar-refractivity contribution < 1.29 is 10.2 Å². The van der Waals surface area contributed by atoms with Gasteiger partial charge >= 0.3 is 0 Å². The van der Waals surface area contributed by atoms with Crippen LogP contribution in [-0.4, -0.2) is 15.8 Å². The van der Waals surface area contributed by atoms with Gasteiger partial charge in [-0.25, -0.2) is 0 Å². The van der Waals surface area contributed by atoms with Gasteiger partial charge in [-0.15, -0.1) is 0 Å². The van der Waals surface area contributed by atoms with Gasteiger partial charge in [0.1, 0.15) is 5.75 Å². The second kappa shape index (κ2) is 4.24. The number of rotatable bonds is 1. The number of hydrogen-bond donors (Lipinski definition) is 2. The fourth-order valence-electron chi connectivity index (χ4n) is 4.35. The minimum atomic E-state index is -0.493. The van der Waals surface area contributed by atoms with Gasteiger partial charge in [-0.1, -0.05) is 26.0 Å². The summed E-state index contributed by atoms with van der Waals surface area (Å²) >= 11 is 0. The maximum absolute atomic E-state index is 11.1. The Balaban J connectivity index is 1.85. The van der Waals surface area contributed by atoms with Crippen LogP contribution in [0.4, 0.5) is 0 Å². The van der Waals surface area contributed by atoms with Crippen LogP contribution >= 0.6 is 0 Å². The highest BCUT2D eigenvalue weighted by Gasteiger charge is 2.57. The molecule has 0 heterocycles. The van der Waals surface area contributed by atoms with Gasteiger partial charge in [0.15, 0.2) is 0 Å². The van der Waals surface area contributed by atoms with Crippen molar-refractivity contribution in [2.75, 3.05) is 0 Å². The highest BCUT2D eigenvalue weighted by Crippen LogP contribution is 2.60. The molecule has 4 unspecified atom stereocenters. The highest BCUT2D eigenvalue weighted by atomic mass is 16.3. The fourth-order valence-corrected chi connectivity index (χ4v) is 4.35. The number of phenolic OH excluding ortho intramolecular Hbond substituents is 1. The number of phenols is 1. The normalized spacial score (nSPS) is 42.1. The second-order valence-corrected chi connectivity index (χ2v) is 6.92. The van der Waals surface area contributed by atoms with E-state index in [4.69, 9.17) is 0 Å². The lowest BCUT2D eigenvalue weighted by Gasteiger charge is -2.49. The molecule has 4 atom stereocenters. The average molecular weight is 260 g/mol. The Hall–Kier alpha value is -1.02. The highest BCUT2D eigenvalue weighted by molar-refractivity contribution is 5.29. The third-order valence-corrected chi connectivity index (χ3v) is 6.10. The molecule has 2 saturated carbocycles. The first-order valence-corrected chi connectivity index (χ1v) is 7.46. The van der Waals surface area contributed by atoms with E-state index in [9.17, 15) is 10.2 Å². The quantitative estimate of drug-likeness (QED) is 0.805. The topological polar surface area (TPSA) is 40.5 Å². The van der Waals surface area contributed by atoms with E-state index in [1.165, 1.54) is 5.56 Å². The summed E-state index contributed by atoms with van der Waals surface area (Å²) < 4.78 is 0. The molecular weight excluding hydrogens is 236 g/mol. The lowest BCUT2D eigenvalue weighted by Crippen LogP contribution is -2.48. The Morgan fingerprint density at radius 3 is 2.47 bits per heavy atom. The van der Waals surface area contributed by atoms with Crippen LogP contribution < -0.4 is 0 Å². The molecule has 1 aromatic rings. The van der Waals surface area contributed by atoms with Gasteiger partial charge in [0.2, 0.25) is 0 Å². The van der Waals surface area contributed by atoms with Crippen molar-refractivity contribution in [3.8, 4) is 5.75 Å². The minimum Gasteiger partial charge on any atom is -0.508 e. The van der Waals surface area contributed by atoms with Gasteiger partial charge in [0.05, 0.1) is 5.60 Å². The van der Waals surface area contributed by atoms with E-state index >= 15 is 0 Å². The summed E-state index contributed by atoms with van der Waals surface area (Å²) in [5.74, 6) is 1.37. The van der Waals surface area contributed by atoms with Crippen LogP contribution in [0.15, 0.2) is 24.3 Å². The number of aliphatic hydroxyl groups is 1. The van der Waals surface area contributed by atoms with E-state index in [0.29, 0.717) is 17.6 Å². The standard InChI is InChI=1S/C17H24O2/c1-12-7-10-17(19)11-14(8-9-16(12,17)2)13-3-5-15(18)6-4-13/h3-6,12,14,18-19H,7-11H2,1-2H3. The Kier molecular flexibility index (Phi) is 2.90. The lowest BCUT2D eigenvalue weighted by atomic mass is 9.59. The van der Waals surface area contributed by atoms with Crippen LogP contribution in [-0.2, 0) is 0 Å². The van der Waals surface area contributed by atoms with Gasteiger partial charge in [-0.2, -0.15) is 0 Å². The van der Waals surface area contributed by atoms with Crippen molar-refractivity contribution >= 4 is 0 Å². The Morgan fingerprint density at radius 2 is 1.79 bits per heavy atom. The number of aromatic hydroxyl groups is 1. The van der Waals surface area contributed by atoms with Crippen LogP contribution in [0.5, 0.6) is 5.75 Å². The van der Waals surface area contributed by atoms with E-state index < -0.39 is 5.60 Å². The van der Waals surface area contributed by atoms with Gasteiger partial charge in [-0.05, 0) is 67.1 Å². The van der Waals surface area contributed by atoms with Gasteiger partial charge in [0.25, 0.3) is 0 Å². The van der Waals surface area contributed by atoms with Gasteiger partial charge < -0.3 is 10.2 Å². The smallest absolute Gasteiger partial charge is 0.115 e. The minimum absolute atomic E-state index is 0.0976. The molecule has 0 amide bonds. The summed E-state index contributed by atoms with van der Waals surface area (Å²) in [6, 6.07) is 7.52. The third kappa shape index (κ3) is 1.88. The van der Waals surface area contributed by atoms with E-state index in [-0.39, 0.29) is 5.41 Å². The molecule has 2 heteroatoms. The van der Waals surface area contributed by atoms with Crippen molar-refractivity contribution in [1.29, 1.82) is 0 Å². The van der Waals surface area contributed by atoms with Crippen LogP contribution in [0.2, 0.25) is 0 Å². The zero-order valence-electron chi connectivity index (χ0n) is 11.9. The Labute approximate surface area is 115 Å². The molecule has 104 valence electrons. The van der Waals surface area contributed by atoms with Crippen molar-refractivity contribution in [3.05, 3.63) is 29.8 Å². The molecule has 2 aliphatic rings. The molecular formula is C17H24O2. The molecule has 0 saturated heterocycles. The molecule has 0 bridgehead atoms. The van der Waals surface area contributed by atoms with E-state index in [1.807, 2.05) is 12.1 Å². The summed E-state index contributed by atoms with van der Waals surface area (Å²) in [6.07, 6.45) is 5.22. The van der Waals surface area contributed by atoms with Crippen LogP contribution in [0.25, 0.3) is 0 Å². The molecule has 2 aliphatic carbocycles. The predicted molar refractivity (Wildman–Crippen MR) is 76.2 cm³/mol. The predicted octanol–water partition coefficient (Wildman–Crippen LogP) is 3.83. The molecule has 1 aromatic carbocycles. The van der Waals surface area contributed by atoms with E-state index in [1.54, 1.807) is 12.1 Å². The molecule has 0 radical (unpaired) electrons. The summed E-state index contributed by atoms with van der Waals surface area (Å²) in [5, 5.41) is 20.5. The van der Waals surface area contributed by atoms with Crippen molar-refractivity contribution in [2.24, 2.45) is 11.3 Å². The summed E-state index contributed by atoms with van der Waals surface area (Å²) in [4.78, 5) is 0. The Morgan fingerprint density at radius 1 is 1.11 bits per heavy atom. The molecule has 3 rings (SSSR count). The molecule has 0 spiro atoms. The van der Waals surface area contributed by atoms with Crippen molar-refractivity contribution in [2.45, 2.75) is 57.5 Å². The SMILES string of the molecule is CC1CCC2(O)CC(c3ccc(O)cc3)CCC12C. The van der Waals surface area contributed by atoms with Crippen LogP contribution in [0.3, 0.4) is 0 Å². The molecule has 0 aromatic heterocycles. The number of hydrogen-bond acceptors (Lipinski definition) is 2. The average Bonchev–Trinajstić information content (AvgIpc) is 2.63. The first-order chi connectivity index (χ1) is 8.95. The monoisotopic (exact) mass is 260 g/mol. The van der Waals surface area contributed by atoms with Crippen LogP contribution in [0.1, 0.15) is 57.4 Å². The molecule has 0 aliphatic heterocycles. The summed E-state index contributed by atoms with van der Waals surface area (Å²) in [7, 11) is 0. The van der Waals surface area contributed by atoms with Gasteiger partial charge in [-0.3, -0.25) is 0 Å². The van der Waals surface area contributed by atoms with E-state index in [0.717, 1.165) is 32.1 Å². The second-order valence-electron chi connectivity index (χ2n) is 6.92. The van der Waals surface area contributed by atoms with E-state index in [2.05, 4.69) is 13.8 Å². The summed E-state index contributed by atoms with van der Waals surface area (Å²) in [5.41, 5.74) is 0.862. The van der Waals surface area contributed by atoms with Gasteiger partial charge in [0, 0.05) is 0 Å². The maximum Gasteiger partial charge on any atom is 0.115 e. The largest absolute Gasteiger partial charge is 0.508 e.